The van der Waals surface area contributed by atoms with Crippen molar-refractivity contribution in [3.05, 3.63) is 164 Å². The van der Waals surface area contributed by atoms with Gasteiger partial charge in [-0.1, -0.05) is 53.9 Å². The number of carbonyl (C=O) groups is 8. The molecule has 522 valence electrons. The molecule has 13 rings (SSSR count). The first-order valence-corrected chi connectivity index (χ1v) is 32.2. The minimum absolute atomic E-state index is 0.0174. The molecule has 7 aromatic carbocycles. The first-order valence-electron chi connectivity index (χ1n) is 31.5. The Balaban J connectivity index is 1.10. The summed E-state index contributed by atoms with van der Waals surface area (Å²) >= 11 is 13.9. The Labute approximate surface area is 579 Å². The molecule has 29 nitrogen and oxygen atoms in total. The van der Waals surface area contributed by atoms with Crippen molar-refractivity contribution in [2.45, 2.75) is 86.5 Å². The van der Waals surface area contributed by atoms with Crippen LogP contribution in [-0.2, 0) is 44.8 Å². The maximum absolute atomic E-state index is 16.0. The number of phenolic OH excluding ortho intramolecular Hbond substituents is 6. The molecule has 0 saturated carbocycles. The fourth-order valence-corrected chi connectivity index (χ4v) is 12.4. The summed E-state index contributed by atoms with van der Waals surface area (Å²) in [4.78, 5) is 123. The topological polar surface area (TPSA) is 457 Å². The predicted molar refractivity (Wildman–Crippen MR) is 358 cm³/mol. The third kappa shape index (κ3) is 15.3. The van der Waals surface area contributed by atoms with E-state index in [1.807, 2.05) is 19.0 Å². The van der Waals surface area contributed by atoms with Gasteiger partial charge in [-0.3, -0.25) is 38.4 Å². The highest BCUT2D eigenvalue weighted by Gasteiger charge is 2.42. The zero-order valence-electron chi connectivity index (χ0n) is 53.3. The number of aliphatic hydroxyl groups is 1. The Bertz CT molecular complexity index is 4450. The highest BCUT2D eigenvalue weighted by molar-refractivity contribution is 6.32. The Hall–Kier alpha value is -11.1. The molecule has 9 atom stereocenters. The van der Waals surface area contributed by atoms with Crippen LogP contribution in [0.4, 0.5) is 0 Å². The number of phenols is 6. The van der Waals surface area contributed by atoms with Crippen LogP contribution in [0.1, 0.15) is 101 Å². The summed E-state index contributed by atoms with van der Waals surface area (Å²) in [6, 6.07) is 7.37. The second kappa shape index (κ2) is 29.6. The first kappa shape index (κ1) is 70.2. The Morgan fingerprint density at radius 2 is 1.19 bits per heavy atom. The van der Waals surface area contributed by atoms with Gasteiger partial charge in [0.25, 0.3) is 0 Å². The van der Waals surface area contributed by atoms with E-state index in [-0.39, 0.29) is 96.1 Å². The monoisotopic (exact) mass is 1410 g/mol. The SMILES string of the molecule is CN(C)CCCNC(=O)[C@@H]1NC(=O)[C@H]2NC(=O)[C@H](NC(=O)[C@@H]3NC(=O)[C@H]4NC(=O)[C@@H](Cc5ccc(c(Cl)c5)Oc5cc3cc(c5O)Oc3ccc(cc3Cl)[C@H]2O)NC(=O)[C@@H](NC(=O)[C@@H](N)CCCCN)c2ccc(O)c(c2)Oc2cc(O)cc4c2)c2ccc(O)c(c2)-c2c(O)cc(O)cc21. The van der Waals surface area contributed by atoms with E-state index in [1.54, 1.807) is 0 Å². The molecule has 0 radical (unpaired) electrons. The van der Waals surface area contributed by atoms with Gasteiger partial charge in [-0.05, 0) is 164 Å². The molecule has 6 aliphatic heterocycles. The second-order valence-corrected chi connectivity index (χ2v) is 25.4. The molecule has 0 fully saturated rings. The van der Waals surface area contributed by atoms with Gasteiger partial charge in [-0.15, -0.1) is 0 Å². The van der Waals surface area contributed by atoms with E-state index in [9.17, 15) is 50.1 Å². The molecule has 7 aromatic rings. The number of amides is 8. The molecule has 0 saturated heterocycles. The van der Waals surface area contributed by atoms with Gasteiger partial charge in [0.15, 0.2) is 23.0 Å². The molecule has 0 aliphatic carbocycles. The predicted octanol–water partition coefficient (Wildman–Crippen LogP) is 4.58. The molecule has 100 heavy (non-hydrogen) atoms. The lowest BCUT2D eigenvalue weighted by molar-refractivity contribution is -0.137. The smallest absolute Gasteiger partial charge is 0.248 e. The number of carbonyl (C=O) groups excluding carboxylic acids is 8. The van der Waals surface area contributed by atoms with E-state index in [0.717, 1.165) is 60.7 Å². The van der Waals surface area contributed by atoms with Gasteiger partial charge in [-0.2, -0.15) is 0 Å². The molecule has 31 heteroatoms. The number of nitrogens with zero attached hydrogens (tertiary/aromatic N) is 1. The summed E-state index contributed by atoms with van der Waals surface area (Å²) in [6.45, 7) is 0.877. The molecular formula is C69H69Cl2N11O18. The normalized spacial score (nSPS) is 20.8. The number of ether oxygens (including phenoxy) is 3. The summed E-state index contributed by atoms with van der Waals surface area (Å²) in [7, 11) is 3.62. The highest BCUT2D eigenvalue weighted by Crippen LogP contribution is 2.48. The number of aliphatic hydroxyl groups excluding tert-OH is 1. The lowest BCUT2D eigenvalue weighted by Crippen LogP contribution is -2.56. The highest BCUT2D eigenvalue weighted by atomic mass is 35.5. The molecule has 19 N–H and O–H groups in total. The van der Waals surface area contributed by atoms with E-state index < -0.39 is 154 Å². The minimum atomic E-state index is -2.20. The summed E-state index contributed by atoms with van der Waals surface area (Å²) in [5, 5.41) is 102. The fourth-order valence-electron chi connectivity index (χ4n) is 12.0. The first-order chi connectivity index (χ1) is 47.7. The number of rotatable bonds is 11. The number of halogens is 2. The molecule has 6 aliphatic rings. The number of nitrogens with one attached hydrogen (secondary N) is 8. The van der Waals surface area contributed by atoms with Crippen LogP contribution in [-0.4, -0.2) is 140 Å². The summed E-state index contributed by atoms with van der Waals surface area (Å²) in [5.41, 5.74) is 10.3. The van der Waals surface area contributed by atoms with E-state index in [0.29, 0.717) is 32.4 Å². The van der Waals surface area contributed by atoms with Crippen LogP contribution in [0.15, 0.2) is 115 Å². The van der Waals surface area contributed by atoms with Gasteiger partial charge in [0.05, 0.1) is 16.1 Å². The quantitative estimate of drug-likeness (QED) is 0.0788. The maximum atomic E-state index is 16.0. The van der Waals surface area contributed by atoms with E-state index >= 15 is 24.0 Å². The van der Waals surface area contributed by atoms with Crippen LogP contribution in [0.3, 0.4) is 0 Å². The molecule has 0 unspecified atom stereocenters. The number of hydrogen-bond acceptors (Lipinski definition) is 21. The number of fused-ring (bicyclic) bond motifs is 14. The molecule has 0 aromatic heterocycles. The third-order valence-corrected chi connectivity index (χ3v) is 17.7. The van der Waals surface area contributed by atoms with Crippen molar-refractivity contribution < 1.29 is 88.3 Å². The minimum Gasteiger partial charge on any atom is -0.508 e. The Morgan fingerprint density at radius 1 is 0.580 bits per heavy atom. The van der Waals surface area contributed by atoms with Crippen LogP contribution in [0.5, 0.6) is 69.0 Å². The third-order valence-electron chi connectivity index (χ3n) is 17.1. The van der Waals surface area contributed by atoms with Crippen LogP contribution in [0, 0.1) is 0 Å². The summed E-state index contributed by atoms with van der Waals surface area (Å²) in [5.74, 6) is -14.9. The molecule has 8 amide bonds. The van der Waals surface area contributed by atoms with Crippen molar-refractivity contribution in [2.24, 2.45) is 11.5 Å². The van der Waals surface area contributed by atoms with E-state index in [1.165, 1.54) is 54.6 Å². The number of aromatic hydroxyl groups is 6. The second-order valence-electron chi connectivity index (χ2n) is 24.6. The summed E-state index contributed by atoms with van der Waals surface area (Å²) < 4.78 is 18.7. The van der Waals surface area contributed by atoms with Crippen molar-refractivity contribution in [1.29, 1.82) is 0 Å². The van der Waals surface area contributed by atoms with Crippen molar-refractivity contribution >= 4 is 70.5 Å². The Morgan fingerprint density at radius 3 is 1.87 bits per heavy atom. The standard InChI is InChI=1S/C69H69Cl2N11O18/c1-82(2)17-5-16-74-64(92)58-40-28-37(84)29-47(87)53(40)39-22-31(8-11-45(39)85)54-66(94)81-59(69(97)80-58)60(88)33-10-14-49(42(71)23-33)100-52-26-35-25-51(61(52)89)99-48-13-7-30(18-41(48)70)19-44-63(91)77-56(67(95)79-57(35)68(96)78-54)34-20-36(83)27-38(21-34)98-50-24-32(9-12-46(50)86)55(65(93)75-44)76-62(90)43(73)6-3-4-15-72/h7-14,18,20-29,43-44,54-60,83-89H,3-6,15-17,19,72-73H2,1-2H3,(H,74,92)(H,75,93)(H,76,90)(H,77,91)(H,78,96)(H,79,95)(H,80,97)(H,81,94)/t43-,44+,54+,55-,56-,57+,58+,59-,60+/m0/s1. The van der Waals surface area contributed by atoms with Gasteiger partial charge in [-0.25, -0.2) is 0 Å². The van der Waals surface area contributed by atoms with Crippen LogP contribution < -0.4 is 68.2 Å². The molecular weight excluding hydrogens is 1340 g/mol. The van der Waals surface area contributed by atoms with Gasteiger partial charge >= 0.3 is 0 Å². The van der Waals surface area contributed by atoms with Crippen LogP contribution >= 0.6 is 23.2 Å². The number of unbranched alkanes of at least 4 members (excludes halogenated alkanes) is 1. The molecule has 17 bridgehead atoms. The van der Waals surface area contributed by atoms with Crippen molar-refractivity contribution in [1.82, 2.24) is 47.4 Å². The van der Waals surface area contributed by atoms with Crippen molar-refractivity contribution in [2.75, 3.05) is 33.7 Å². The lowest BCUT2D eigenvalue weighted by atomic mass is 9.89. The average Bonchev–Trinajstić information content (AvgIpc) is 0.765. The van der Waals surface area contributed by atoms with Gasteiger partial charge in [0.2, 0.25) is 53.0 Å². The van der Waals surface area contributed by atoms with E-state index in [4.69, 9.17) is 48.9 Å². The number of benzene rings is 7. The fraction of sp³-hybridized carbons (Fsp3) is 0.275. The molecule has 0 spiro atoms. The molecule has 6 heterocycles. The zero-order valence-corrected chi connectivity index (χ0v) is 54.8. The van der Waals surface area contributed by atoms with Gasteiger partial charge in [0, 0.05) is 36.2 Å². The van der Waals surface area contributed by atoms with Crippen molar-refractivity contribution in [3.63, 3.8) is 0 Å². The average molecular weight is 1410 g/mol. The van der Waals surface area contributed by atoms with Gasteiger partial charge in [0.1, 0.15) is 88.6 Å². The number of nitrogens with two attached hydrogens (primary N) is 2. The maximum Gasteiger partial charge on any atom is 0.248 e. The number of hydrogen-bond donors (Lipinski definition) is 17. The van der Waals surface area contributed by atoms with Crippen LogP contribution in [0.2, 0.25) is 10.0 Å². The summed E-state index contributed by atoms with van der Waals surface area (Å²) in [6.07, 6.45) is -0.960. The Kier molecular flexibility index (Phi) is 20.8. The van der Waals surface area contributed by atoms with Gasteiger partial charge < -0.3 is 109 Å². The van der Waals surface area contributed by atoms with E-state index in [2.05, 4.69) is 42.5 Å². The zero-order chi connectivity index (χ0) is 71.5. The largest absolute Gasteiger partial charge is 0.508 e. The van der Waals surface area contributed by atoms with Crippen LogP contribution in [0.25, 0.3) is 11.1 Å². The van der Waals surface area contributed by atoms with Crippen molar-refractivity contribution in [3.8, 4) is 80.1 Å². The lowest BCUT2D eigenvalue weighted by Gasteiger charge is -2.31.